The van der Waals surface area contributed by atoms with Gasteiger partial charge >= 0.3 is 5.97 Å². The third kappa shape index (κ3) is 7.39. The van der Waals surface area contributed by atoms with Crippen molar-refractivity contribution in [3.63, 3.8) is 0 Å². The van der Waals surface area contributed by atoms with E-state index in [-0.39, 0.29) is 30.2 Å². The number of ether oxygens (including phenoxy) is 4. The number of rotatable bonds is 11. The van der Waals surface area contributed by atoms with Crippen LogP contribution in [-0.2, 0) is 9.59 Å². The van der Waals surface area contributed by atoms with Crippen molar-refractivity contribution in [1.82, 2.24) is 0 Å². The second kappa shape index (κ2) is 11.9. The number of carboxylic acid groups (broad SMARTS) is 1. The van der Waals surface area contributed by atoms with Crippen molar-refractivity contribution in [3.05, 3.63) is 72.3 Å². The van der Waals surface area contributed by atoms with Crippen LogP contribution < -0.4 is 29.6 Å². The topological polar surface area (TPSA) is 132 Å². The quantitative estimate of drug-likeness (QED) is 0.380. The molecule has 3 aromatic carbocycles. The molecular weight excluding hydrogens is 456 g/mol. The third-order valence-corrected chi connectivity index (χ3v) is 4.67. The van der Waals surface area contributed by atoms with E-state index in [2.05, 4.69) is 10.6 Å². The van der Waals surface area contributed by atoms with Gasteiger partial charge < -0.3 is 34.7 Å². The minimum Gasteiger partial charge on any atom is -0.497 e. The summed E-state index contributed by atoms with van der Waals surface area (Å²) in [6.45, 7) is -0.640. The Morgan fingerprint density at radius 3 is 1.51 bits per heavy atom. The summed E-state index contributed by atoms with van der Waals surface area (Å²) in [4.78, 5) is 36.2. The molecule has 0 saturated carbocycles. The maximum atomic E-state index is 12.4. The van der Waals surface area contributed by atoms with E-state index >= 15 is 0 Å². The van der Waals surface area contributed by atoms with Gasteiger partial charge in [-0.25, -0.2) is 4.79 Å². The Hall–Kier alpha value is -4.73. The van der Waals surface area contributed by atoms with Crippen LogP contribution in [0.3, 0.4) is 0 Å². The fourth-order valence-corrected chi connectivity index (χ4v) is 2.90. The number of hydrogen-bond acceptors (Lipinski definition) is 7. The predicted octanol–water partition coefficient (Wildman–Crippen LogP) is 3.44. The largest absolute Gasteiger partial charge is 0.497 e. The van der Waals surface area contributed by atoms with Gasteiger partial charge in [-0.05, 0) is 66.7 Å². The van der Waals surface area contributed by atoms with Gasteiger partial charge in [0.1, 0.15) is 23.0 Å². The molecule has 0 atom stereocenters. The summed E-state index contributed by atoms with van der Waals surface area (Å²) in [5.74, 6) is -0.0333. The van der Waals surface area contributed by atoms with Gasteiger partial charge in [-0.3, -0.25) is 9.59 Å². The van der Waals surface area contributed by atoms with Crippen molar-refractivity contribution in [2.75, 3.05) is 38.1 Å². The van der Waals surface area contributed by atoms with E-state index in [0.29, 0.717) is 23.0 Å². The molecule has 3 N–H and O–H groups in total. The zero-order valence-electron chi connectivity index (χ0n) is 19.1. The van der Waals surface area contributed by atoms with Crippen LogP contribution in [0.15, 0.2) is 66.7 Å². The minimum atomic E-state index is -1.18. The fraction of sp³-hybridized carbons (Fsp3) is 0.160. The van der Waals surface area contributed by atoms with Crippen LogP contribution in [-0.4, -0.2) is 50.3 Å². The first-order valence-electron chi connectivity index (χ1n) is 10.4. The van der Waals surface area contributed by atoms with Crippen molar-refractivity contribution in [1.29, 1.82) is 0 Å². The average molecular weight is 480 g/mol. The first-order valence-corrected chi connectivity index (χ1v) is 10.4. The average Bonchev–Trinajstić information content (AvgIpc) is 2.87. The molecule has 35 heavy (non-hydrogen) atoms. The molecule has 0 spiro atoms. The Kier molecular flexibility index (Phi) is 8.49. The summed E-state index contributed by atoms with van der Waals surface area (Å²) in [6.07, 6.45) is 0. The molecule has 0 aliphatic carbocycles. The lowest BCUT2D eigenvalue weighted by Crippen LogP contribution is -2.24. The summed E-state index contributed by atoms with van der Waals surface area (Å²) in [5.41, 5.74) is 0.242. The highest BCUT2D eigenvalue weighted by atomic mass is 16.5. The SMILES string of the molecule is COc1ccc(OCC(=O)Nc2ccc(C(=O)O)cc2NC(=O)COc2ccc(OC)cc2)cc1. The maximum Gasteiger partial charge on any atom is 0.335 e. The second-order valence-electron chi connectivity index (χ2n) is 7.09. The van der Waals surface area contributed by atoms with Gasteiger partial charge in [0.25, 0.3) is 11.8 Å². The van der Waals surface area contributed by atoms with Gasteiger partial charge in [0.15, 0.2) is 13.2 Å². The highest BCUT2D eigenvalue weighted by Gasteiger charge is 2.14. The van der Waals surface area contributed by atoms with Gasteiger partial charge in [-0.1, -0.05) is 0 Å². The number of benzene rings is 3. The molecule has 0 bridgehead atoms. The maximum absolute atomic E-state index is 12.4. The number of aromatic carboxylic acids is 1. The van der Waals surface area contributed by atoms with Gasteiger partial charge in [0.2, 0.25) is 0 Å². The first kappa shape index (κ1) is 24.9. The van der Waals surface area contributed by atoms with Crippen LogP contribution in [0.5, 0.6) is 23.0 Å². The number of carboxylic acids is 1. The lowest BCUT2D eigenvalue weighted by Gasteiger charge is -2.14. The monoisotopic (exact) mass is 480 g/mol. The summed E-state index contributed by atoms with van der Waals surface area (Å²) in [5, 5.41) is 14.5. The highest BCUT2D eigenvalue weighted by molar-refractivity contribution is 6.02. The van der Waals surface area contributed by atoms with Gasteiger partial charge in [0, 0.05) is 0 Å². The molecule has 10 heteroatoms. The van der Waals surface area contributed by atoms with Gasteiger partial charge in [-0.15, -0.1) is 0 Å². The summed E-state index contributed by atoms with van der Waals surface area (Å²) < 4.78 is 21.0. The molecule has 0 aromatic heterocycles. The number of methoxy groups -OCH3 is 2. The Balaban J connectivity index is 1.63. The number of nitrogens with one attached hydrogen (secondary N) is 2. The van der Waals surface area contributed by atoms with E-state index in [9.17, 15) is 19.5 Å². The van der Waals surface area contributed by atoms with Crippen LogP contribution in [0.4, 0.5) is 11.4 Å². The lowest BCUT2D eigenvalue weighted by molar-refractivity contribution is -0.119. The number of carbonyl (C=O) groups excluding carboxylic acids is 2. The van der Waals surface area contributed by atoms with Crippen molar-refractivity contribution in [2.24, 2.45) is 0 Å². The van der Waals surface area contributed by atoms with E-state index in [1.54, 1.807) is 55.6 Å². The number of amides is 2. The van der Waals surface area contributed by atoms with Crippen LogP contribution >= 0.6 is 0 Å². The molecule has 10 nitrogen and oxygen atoms in total. The van der Waals surface area contributed by atoms with Crippen LogP contribution in [0, 0.1) is 0 Å². The summed E-state index contributed by atoms with van der Waals surface area (Å²) in [6, 6.07) is 17.3. The second-order valence-corrected chi connectivity index (χ2v) is 7.09. The number of anilines is 2. The van der Waals surface area contributed by atoms with Gasteiger partial charge in [0.05, 0.1) is 31.2 Å². The van der Waals surface area contributed by atoms with E-state index in [1.165, 1.54) is 25.3 Å². The van der Waals surface area contributed by atoms with Crippen LogP contribution in [0.2, 0.25) is 0 Å². The first-order chi connectivity index (χ1) is 16.9. The summed E-state index contributed by atoms with van der Waals surface area (Å²) in [7, 11) is 3.08. The Labute approximate surface area is 201 Å². The normalized spacial score (nSPS) is 10.1. The zero-order chi connectivity index (χ0) is 25.2. The van der Waals surface area contributed by atoms with Gasteiger partial charge in [-0.2, -0.15) is 0 Å². The number of hydrogen-bond donors (Lipinski definition) is 3. The van der Waals surface area contributed by atoms with Crippen LogP contribution in [0.25, 0.3) is 0 Å². The van der Waals surface area contributed by atoms with E-state index in [4.69, 9.17) is 18.9 Å². The van der Waals surface area contributed by atoms with E-state index < -0.39 is 17.8 Å². The molecule has 0 aliphatic rings. The molecule has 0 radical (unpaired) electrons. The molecule has 0 fully saturated rings. The number of carbonyl (C=O) groups is 3. The molecule has 3 rings (SSSR count). The molecule has 182 valence electrons. The molecule has 0 aliphatic heterocycles. The van der Waals surface area contributed by atoms with E-state index in [0.717, 1.165) is 0 Å². The molecule has 0 unspecified atom stereocenters. The standard InChI is InChI=1S/C25H24N2O8/c1-32-17-4-8-19(9-5-17)34-14-23(28)26-21-12-3-16(25(30)31)13-22(21)27-24(29)15-35-20-10-6-18(33-2)7-11-20/h3-13H,14-15H2,1-2H3,(H,26,28)(H,27,29)(H,30,31). The van der Waals surface area contributed by atoms with Crippen molar-refractivity contribution in [3.8, 4) is 23.0 Å². The zero-order valence-corrected chi connectivity index (χ0v) is 19.1. The van der Waals surface area contributed by atoms with Crippen molar-refractivity contribution in [2.45, 2.75) is 0 Å². The molecule has 0 saturated heterocycles. The lowest BCUT2D eigenvalue weighted by atomic mass is 10.1. The smallest absolute Gasteiger partial charge is 0.335 e. The Bertz CT molecular complexity index is 1180. The highest BCUT2D eigenvalue weighted by Crippen LogP contribution is 2.24. The predicted molar refractivity (Wildman–Crippen MR) is 128 cm³/mol. The Morgan fingerprint density at radius 1 is 0.657 bits per heavy atom. The van der Waals surface area contributed by atoms with Crippen molar-refractivity contribution >= 4 is 29.2 Å². The molecule has 0 heterocycles. The fourth-order valence-electron chi connectivity index (χ4n) is 2.90. The third-order valence-electron chi connectivity index (χ3n) is 4.67. The molecule has 2 amide bonds. The molecule has 3 aromatic rings. The summed E-state index contributed by atoms with van der Waals surface area (Å²) >= 11 is 0. The minimum absolute atomic E-state index is 0.0659. The van der Waals surface area contributed by atoms with E-state index in [1.807, 2.05) is 0 Å². The molecular formula is C25H24N2O8. The Morgan fingerprint density at radius 2 is 1.09 bits per heavy atom. The van der Waals surface area contributed by atoms with Crippen LogP contribution in [0.1, 0.15) is 10.4 Å². The van der Waals surface area contributed by atoms with Crippen molar-refractivity contribution < 1.29 is 38.4 Å².